The van der Waals surface area contributed by atoms with Crippen LogP contribution in [0.4, 0.5) is 0 Å². The molecule has 1 aromatic carbocycles. The van der Waals surface area contributed by atoms with Crippen LogP contribution < -0.4 is 0 Å². The van der Waals surface area contributed by atoms with Crippen molar-refractivity contribution in [1.29, 1.82) is 0 Å². The average molecular weight is 202 g/mol. The van der Waals surface area contributed by atoms with Crippen LogP contribution in [0, 0.1) is 6.07 Å². The molecule has 2 rings (SSSR count). The molecule has 0 spiro atoms. The first-order valence-electron chi connectivity index (χ1n) is 4.84. The van der Waals surface area contributed by atoms with E-state index in [-0.39, 0.29) is 5.97 Å². The van der Waals surface area contributed by atoms with Gasteiger partial charge in [0.05, 0.1) is 13.5 Å². The van der Waals surface area contributed by atoms with Gasteiger partial charge in [0.2, 0.25) is 0 Å². The number of nitrogens with one attached hydrogen (secondary N) is 1. The van der Waals surface area contributed by atoms with Crippen molar-refractivity contribution in [2.24, 2.45) is 0 Å². The molecule has 1 N–H and O–H groups in total. The summed E-state index contributed by atoms with van der Waals surface area (Å²) in [6.07, 6.45) is 1.09. The molecule has 3 heteroatoms. The van der Waals surface area contributed by atoms with Gasteiger partial charge in [-0.15, -0.1) is 0 Å². The maximum atomic E-state index is 11.0. The van der Waals surface area contributed by atoms with E-state index in [1.807, 2.05) is 24.3 Å². The van der Waals surface area contributed by atoms with E-state index >= 15 is 0 Å². The number of rotatable bonds is 3. The number of fused-ring (bicyclic) bond motifs is 1. The standard InChI is InChI=1S/C12H12NO2/c1-15-12(14)7-6-10-8-9-4-2-3-5-11(9)13-10/h2,4-5,8,13H,6-7H2,1H3. The highest BCUT2D eigenvalue weighted by Gasteiger charge is 2.03. The van der Waals surface area contributed by atoms with Crippen LogP contribution >= 0.6 is 0 Å². The lowest BCUT2D eigenvalue weighted by Crippen LogP contribution is -2.01. The molecule has 15 heavy (non-hydrogen) atoms. The minimum atomic E-state index is -0.180. The van der Waals surface area contributed by atoms with Crippen LogP contribution in [-0.4, -0.2) is 18.1 Å². The number of aromatic nitrogens is 1. The lowest BCUT2D eigenvalue weighted by atomic mass is 10.2. The SMILES string of the molecule is COC(=O)CCc1cc2cc[c]cc2[nH]1. The summed E-state index contributed by atoms with van der Waals surface area (Å²) in [5, 5.41) is 1.15. The fraction of sp³-hybridized carbons (Fsp3) is 0.250. The number of aryl methyl sites for hydroxylation is 1. The monoisotopic (exact) mass is 202 g/mol. The zero-order chi connectivity index (χ0) is 10.7. The Bertz CT molecular complexity index is 440. The van der Waals surface area contributed by atoms with E-state index in [0.717, 1.165) is 16.6 Å². The fourth-order valence-electron chi connectivity index (χ4n) is 1.55. The summed E-state index contributed by atoms with van der Waals surface area (Å²) in [7, 11) is 1.41. The molecule has 0 aliphatic carbocycles. The van der Waals surface area contributed by atoms with E-state index in [1.165, 1.54) is 7.11 Å². The lowest BCUT2D eigenvalue weighted by molar-refractivity contribution is -0.140. The molecule has 0 amide bonds. The molecule has 1 radical (unpaired) electrons. The quantitative estimate of drug-likeness (QED) is 0.774. The molecule has 77 valence electrons. The topological polar surface area (TPSA) is 42.1 Å². The Morgan fingerprint density at radius 2 is 2.47 bits per heavy atom. The molecule has 0 aliphatic heterocycles. The summed E-state index contributed by atoms with van der Waals surface area (Å²) in [6.45, 7) is 0. The summed E-state index contributed by atoms with van der Waals surface area (Å²) < 4.78 is 4.59. The zero-order valence-corrected chi connectivity index (χ0v) is 8.54. The number of benzene rings is 1. The molecule has 0 unspecified atom stereocenters. The molecule has 3 nitrogen and oxygen atoms in total. The van der Waals surface area contributed by atoms with Crippen LogP contribution in [0.25, 0.3) is 10.9 Å². The molecule has 0 aliphatic rings. The number of methoxy groups -OCH3 is 1. The Hall–Kier alpha value is -1.77. The predicted molar refractivity (Wildman–Crippen MR) is 57.5 cm³/mol. The third-order valence-electron chi connectivity index (χ3n) is 2.35. The van der Waals surface area contributed by atoms with Gasteiger partial charge in [-0.05, 0) is 30.0 Å². The predicted octanol–water partition coefficient (Wildman–Crippen LogP) is 2.07. The summed E-state index contributed by atoms with van der Waals surface area (Å²) in [4.78, 5) is 14.2. The number of carbonyl (C=O) groups excluding carboxylic acids is 1. The summed E-state index contributed by atoms with van der Waals surface area (Å²) in [5.74, 6) is -0.180. The Labute approximate surface area is 88.1 Å². The highest BCUT2D eigenvalue weighted by molar-refractivity contribution is 5.80. The van der Waals surface area contributed by atoms with Crippen molar-refractivity contribution >= 4 is 16.9 Å². The minimum Gasteiger partial charge on any atom is -0.469 e. The number of H-pyrrole nitrogens is 1. The first kappa shape index (κ1) is 9.77. The largest absolute Gasteiger partial charge is 0.469 e. The number of ether oxygens (including phenoxy) is 1. The molecule has 1 aromatic heterocycles. The van der Waals surface area contributed by atoms with Crippen LogP contribution in [0.15, 0.2) is 24.3 Å². The third-order valence-corrected chi connectivity index (χ3v) is 2.35. The van der Waals surface area contributed by atoms with E-state index in [2.05, 4.69) is 15.8 Å². The third kappa shape index (κ3) is 2.18. The second-order valence-electron chi connectivity index (χ2n) is 3.38. The van der Waals surface area contributed by atoms with Crippen LogP contribution in [0.3, 0.4) is 0 Å². The van der Waals surface area contributed by atoms with Gasteiger partial charge in [-0.2, -0.15) is 0 Å². The molecule has 0 saturated heterocycles. The summed E-state index contributed by atoms with van der Waals surface area (Å²) in [5.41, 5.74) is 2.10. The maximum Gasteiger partial charge on any atom is 0.305 e. The van der Waals surface area contributed by atoms with E-state index in [1.54, 1.807) is 0 Å². The van der Waals surface area contributed by atoms with Gasteiger partial charge in [0.25, 0.3) is 0 Å². The van der Waals surface area contributed by atoms with Crippen molar-refractivity contribution in [2.45, 2.75) is 12.8 Å². The van der Waals surface area contributed by atoms with Crippen molar-refractivity contribution < 1.29 is 9.53 Å². The maximum absolute atomic E-state index is 11.0. The van der Waals surface area contributed by atoms with Gasteiger partial charge in [0.15, 0.2) is 0 Å². The van der Waals surface area contributed by atoms with Crippen molar-refractivity contribution in [3.63, 3.8) is 0 Å². The molecule has 0 bridgehead atoms. The fourth-order valence-corrected chi connectivity index (χ4v) is 1.55. The van der Waals surface area contributed by atoms with E-state index < -0.39 is 0 Å². The second kappa shape index (κ2) is 4.17. The highest BCUT2D eigenvalue weighted by atomic mass is 16.5. The highest BCUT2D eigenvalue weighted by Crippen LogP contribution is 2.15. The van der Waals surface area contributed by atoms with Gasteiger partial charge < -0.3 is 9.72 Å². The molecule has 2 aromatic rings. The Morgan fingerprint density at radius 3 is 3.20 bits per heavy atom. The molecule has 0 atom stereocenters. The summed E-state index contributed by atoms with van der Waals surface area (Å²) >= 11 is 0. The second-order valence-corrected chi connectivity index (χ2v) is 3.38. The van der Waals surface area contributed by atoms with Gasteiger partial charge in [-0.3, -0.25) is 4.79 Å². The minimum absolute atomic E-state index is 0.180. The number of esters is 1. The van der Waals surface area contributed by atoms with Crippen LogP contribution in [0.1, 0.15) is 12.1 Å². The van der Waals surface area contributed by atoms with Crippen molar-refractivity contribution in [3.8, 4) is 0 Å². The molecule has 1 heterocycles. The first-order chi connectivity index (χ1) is 7.29. The van der Waals surface area contributed by atoms with Gasteiger partial charge in [-0.1, -0.05) is 12.1 Å². The van der Waals surface area contributed by atoms with E-state index in [9.17, 15) is 4.79 Å². The Morgan fingerprint density at radius 1 is 1.60 bits per heavy atom. The average Bonchev–Trinajstić information content (AvgIpc) is 2.68. The van der Waals surface area contributed by atoms with Gasteiger partial charge in [-0.25, -0.2) is 0 Å². The van der Waals surface area contributed by atoms with Crippen molar-refractivity contribution in [1.82, 2.24) is 4.98 Å². The number of carbonyl (C=O) groups is 1. The number of aromatic amines is 1. The lowest BCUT2D eigenvalue weighted by Gasteiger charge is -1.96. The number of hydrogen-bond acceptors (Lipinski definition) is 2. The van der Waals surface area contributed by atoms with E-state index in [4.69, 9.17) is 0 Å². The van der Waals surface area contributed by atoms with E-state index in [0.29, 0.717) is 12.8 Å². The Balaban J connectivity index is 2.12. The molecule has 0 saturated carbocycles. The van der Waals surface area contributed by atoms with Gasteiger partial charge in [0.1, 0.15) is 0 Å². The van der Waals surface area contributed by atoms with Crippen LogP contribution in [0.2, 0.25) is 0 Å². The summed E-state index contributed by atoms with van der Waals surface area (Å²) in [6, 6.07) is 10.8. The van der Waals surface area contributed by atoms with Gasteiger partial charge >= 0.3 is 5.97 Å². The smallest absolute Gasteiger partial charge is 0.305 e. The molecule has 0 fully saturated rings. The zero-order valence-electron chi connectivity index (χ0n) is 8.54. The molecular formula is C12H12NO2. The number of hydrogen-bond donors (Lipinski definition) is 1. The van der Waals surface area contributed by atoms with Gasteiger partial charge in [0, 0.05) is 11.2 Å². The Kier molecular flexibility index (Phi) is 2.72. The van der Waals surface area contributed by atoms with Crippen LogP contribution in [-0.2, 0) is 16.0 Å². The molecular weight excluding hydrogens is 190 g/mol. The van der Waals surface area contributed by atoms with Crippen molar-refractivity contribution in [2.75, 3.05) is 7.11 Å². The first-order valence-corrected chi connectivity index (χ1v) is 4.84. The van der Waals surface area contributed by atoms with Crippen LogP contribution in [0.5, 0.6) is 0 Å². The normalized spacial score (nSPS) is 10.5. The van der Waals surface area contributed by atoms with Crippen molar-refractivity contribution in [3.05, 3.63) is 36.0 Å².